The van der Waals surface area contributed by atoms with E-state index in [2.05, 4.69) is 62.9 Å². The molecular weight excluding hydrogens is 308 g/mol. The predicted octanol–water partition coefficient (Wildman–Crippen LogP) is 4.17. The molecule has 5 heteroatoms. The molecule has 3 nitrogen and oxygen atoms in total. The van der Waals surface area contributed by atoms with Crippen LogP contribution in [0.4, 0.5) is 0 Å². The highest BCUT2D eigenvalue weighted by atomic mass is 35.5. The van der Waals surface area contributed by atoms with E-state index in [1.165, 1.54) is 5.56 Å². The van der Waals surface area contributed by atoms with E-state index < -0.39 is 0 Å². The molecule has 0 saturated carbocycles. The number of benzene rings is 1. The molecule has 0 bridgehead atoms. The van der Waals surface area contributed by atoms with Gasteiger partial charge in [0.25, 0.3) is 0 Å². The second-order valence-electron chi connectivity index (χ2n) is 7.72. The zero-order valence-corrected chi connectivity index (χ0v) is 15.6. The molecule has 0 spiro atoms. The molecule has 128 valence electrons. The highest BCUT2D eigenvalue weighted by Gasteiger charge is 2.53. The molecule has 2 heterocycles. The van der Waals surface area contributed by atoms with Crippen LogP contribution in [0.5, 0.6) is 0 Å². The molecule has 0 aliphatic carbocycles. The van der Waals surface area contributed by atoms with E-state index in [0.717, 1.165) is 32.5 Å². The van der Waals surface area contributed by atoms with Crippen molar-refractivity contribution in [3.63, 3.8) is 0 Å². The normalized spacial score (nSPS) is 24.4. The van der Waals surface area contributed by atoms with Crippen molar-refractivity contribution < 1.29 is 9.31 Å². The van der Waals surface area contributed by atoms with Crippen LogP contribution in [0.25, 0.3) is 0 Å². The Balaban J connectivity index is 0.00000192. The summed E-state index contributed by atoms with van der Waals surface area (Å²) in [6.45, 7) is 11.9. The summed E-state index contributed by atoms with van der Waals surface area (Å²) in [5.74, 6) is 0.521. The van der Waals surface area contributed by atoms with Crippen LogP contribution >= 0.6 is 12.4 Å². The minimum absolute atomic E-state index is 0. The maximum absolute atomic E-state index is 6.22. The van der Waals surface area contributed by atoms with Crippen LogP contribution in [-0.2, 0) is 15.9 Å². The Morgan fingerprint density at radius 1 is 1.00 bits per heavy atom. The Hall–Kier alpha value is -0.545. The summed E-state index contributed by atoms with van der Waals surface area (Å²) in [5, 5.41) is 0. The lowest BCUT2D eigenvalue weighted by atomic mass is 9.67. The molecule has 3 rings (SSSR count). The second-order valence-corrected chi connectivity index (χ2v) is 7.72. The average molecular weight is 338 g/mol. The van der Waals surface area contributed by atoms with Gasteiger partial charge in [-0.3, -0.25) is 4.90 Å². The molecular formula is C18H29BClNO2. The van der Waals surface area contributed by atoms with Gasteiger partial charge in [0, 0.05) is 6.54 Å². The molecule has 0 aromatic heterocycles. The number of rotatable bonds is 3. The first-order valence-corrected chi connectivity index (χ1v) is 8.49. The van der Waals surface area contributed by atoms with Gasteiger partial charge in [0.1, 0.15) is 0 Å². The molecule has 2 fully saturated rings. The summed E-state index contributed by atoms with van der Waals surface area (Å²) in [5.41, 5.74) is 0.981. The lowest BCUT2D eigenvalue weighted by Crippen LogP contribution is -2.41. The van der Waals surface area contributed by atoms with Crippen LogP contribution in [0.3, 0.4) is 0 Å². The first-order valence-electron chi connectivity index (χ1n) is 8.49. The lowest BCUT2D eigenvalue weighted by molar-refractivity contribution is 0.00578. The Morgan fingerprint density at radius 3 is 2.04 bits per heavy atom. The molecule has 0 unspecified atom stereocenters. The van der Waals surface area contributed by atoms with E-state index in [4.69, 9.17) is 9.31 Å². The zero-order chi connectivity index (χ0) is 15.8. The zero-order valence-electron chi connectivity index (χ0n) is 14.7. The molecule has 0 radical (unpaired) electrons. The largest absolute Gasteiger partial charge is 0.461 e. The first-order chi connectivity index (χ1) is 10.4. The molecule has 2 aliphatic rings. The minimum atomic E-state index is -0.209. The van der Waals surface area contributed by atoms with E-state index in [1.807, 2.05) is 0 Å². The van der Waals surface area contributed by atoms with E-state index >= 15 is 0 Å². The number of hydrogen-bond acceptors (Lipinski definition) is 3. The van der Waals surface area contributed by atoms with Crippen LogP contribution in [0.1, 0.15) is 46.1 Å². The number of nitrogens with zero attached hydrogens (tertiary/aromatic N) is 1. The molecule has 23 heavy (non-hydrogen) atoms. The summed E-state index contributed by atoms with van der Waals surface area (Å²) in [6.07, 6.45) is 2.31. The van der Waals surface area contributed by atoms with Crippen LogP contribution in [0.15, 0.2) is 30.3 Å². The van der Waals surface area contributed by atoms with Gasteiger partial charge in [0.2, 0.25) is 0 Å². The summed E-state index contributed by atoms with van der Waals surface area (Å²) in [7, 11) is -0.0381. The quantitative estimate of drug-likeness (QED) is 0.773. The molecule has 0 amide bonds. The van der Waals surface area contributed by atoms with Crippen LogP contribution in [0, 0.1) is 0 Å². The fourth-order valence-electron chi connectivity index (χ4n) is 3.31. The maximum Gasteiger partial charge on any atom is 0.461 e. The highest BCUT2D eigenvalue weighted by molar-refractivity contribution is 6.47. The maximum atomic E-state index is 6.22. The average Bonchev–Trinajstić information content (AvgIpc) is 2.69. The van der Waals surface area contributed by atoms with Crippen molar-refractivity contribution in [1.29, 1.82) is 0 Å². The molecule has 0 N–H and O–H groups in total. The van der Waals surface area contributed by atoms with Crippen molar-refractivity contribution in [3.8, 4) is 0 Å². The van der Waals surface area contributed by atoms with Gasteiger partial charge in [-0.05, 0) is 65.0 Å². The first kappa shape index (κ1) is 18.8. The molecule has 2 aliphatic heterocycles. The standard InChI is InChI=1S/C18H28BNO2.ClH/c1-17(2)18(3,4)22-19(21-17)16-10-12-20(13-11-16)14-15-8-6-5-7-9-15;/h5-9,16H,10-14H2,1-4H3;1H. The van der Waals surface area contributed by atoms with Crippen LogP contribution in [0.2, 0.25) is 5.82 Å². The summed E-state index contributed by atoms with van der Waals surface area (Å²) in [6, 6.07) is 10.7. The van der Waals surface area contributed by atoms with Crippen molar-refractivity contribution in [2.75, 3.05) is 13.1 Å². The van der Waals surface area contributed by atoms with Gasteiger partial charge in [0.05, 0.1) is 11.2 Å². The SMILES string of the molecule is CC1(C)OB(C2CCN(Cc3ccccc3)CC2)OC1(C)C.Cl. The van der Waals surface area contributed by atoms with Crippen LogP contribution < -0.4 is 0 Å². The number of piperidine rings is 1. The molecule has 0 atom stereocenters. The van der Waals surface area contributed by atoms with Gasteiger partial charge in [0.15, 0.2) is 0 Å². The molecule has 2 saturated heterocycles. The van der Waals surface area contributed by atoms with E-state index in [9.17, 15) is 0 Å². The van der Waals surface area contributed by atoms with Gasteiger partial charge in [-0.1, -0.05) is 30.3 Å². The van der Waals surface area contributed by atoms with Crippen molar-refractivity contribution in [2.24, 2.45) is 0 Å². The second kappa shape index (κ2) is 7.14. The summed E-state index contributed by atoms with van der Waals surface area (Å²) < 4.78 is 12.4. The van der Waals surface area contributed by atoms with Gasteiger partial charge >= 0.3 is 7.12 Å². The molecule has 1 aromatic rings. The van der Waals surface area contributed by atoms with Crippen LogP contribution in [-0.4, -0.2) is 36.3 Å². The third-order valence-electron chi connectivity index (χ3n) is 5.54. The van der Waals surface area contributed by atoms with E-state index in [1.54, 1.807) is 0 Å². The predicted molar refractivity (Wildman–Crippen MR) is 98.0 cm³/mol. The Kier molecular flexibility index (Phi) is 5.83. The fraction of sp³-hybridized carbons (Fsp3) is 0.667. The van der Waals surface area contributed by atoms with Crippen molar-refractivity contribution in [3.05, 3.63) is 35.9 Å². The van der Waals surface area contributed by atoms with Crippen molar-refractivity contribution in [1.82, 2.24) is 4.90 Å². The fourth-order valence-corrected chi connectivity index (χ4v) is 3.31. The number of likely N-dealkylation sites (tertiary alicyclic amines) is 1. The Morgan fingerprint density at radius 2 is 1.52 bits per heavy atom. The van der Waals surface area contributed by atoms with Gasteiger partial charge in [-0.25, -0.2) is 0 Å². The number of halogens is 1. The number of hydrogen-bond donors (Lipinski definition) is 0. The Labute approximate surface area is 147 Å². The molecule has 1 aromatic carbocycles. The van der Waals surface area contributed by atoms with Crippen molar-refractivity contribution >= 4 is 19.5 Å². The van der Waals surface area contributed by atoms with Gasteiger partial charge in [-0.15, -0.1) is 12.4 Å². The van der Waals surface area contributed by atoms with Gasteiger partial charge < -0.3 is 9.31 Å². The van der Waals surface area contributed by atoms with E-state index in [0.29, 0.717) is 5.82 Å². The lowest BCUT2D eigenvalue weighted by Gasteiger charge is -2.32. The monoisotopic (exact) mass is 337 g/mol. The van der Waals surface area contributed by atoms with Crippen molar-refractivity contribution in [2.45, 2.75) is 64.1 Å². The minimum Gasteiger partial charge on any atom is -0.403 e. The summed E-state index contributed by atoms with van der Waals surface area (Å²) in [4.78, 5) is 2.54. The van der Waals surface area contributed by atoms with Gasteiger partial charge in [-0.2, -0.15) is 0 Å². The topological polar surface area (TPSA) is 21.7 Å². The smallest absolute Gasteiger partial charge is 0.403 e. The summed E-state index contributed by atoms with van der Waals surface area (Å²) >= 11 is 0. The Bertz CT molecular complexity index is 485. The highest BCUT2D eigenvalue weighted by Crippen LogP contribution is 2.42. The third-order valence-corrected chi connectivity index (χ3v) is 5.54. The third kappa shape index (κ3) is 4.11. The van der Waals surface area contributed by atoms with E-state index in [-0.39, 0.29) is 30.7 Å².